The van der Waals surface area contributed by atoms with Gasteiger partial charge in [-0.05, 0) is 42.3 Å². The molecule has 0 saturated carbocycles. The first-order chi connectivity index (χ1) is 12.1. The van der Waals surface area contributed by atoms with Gasteiger partial charge in [0.1, 0.15) is 5.75 Å². The molecule has 0 bridgehead atoms. The van der Waals surface area contributed by atoms with Gasteiger partial charge in [0.25, 0.3) is 0 Å². The summed E-state index contributed by atoms with van der Waals surface area (Å²) in [6.45, 7) is 4.04. The van der Waals surface area contributed by atoms with Crippen LogP contribution in [0.4, 0.5) is 5.69 Å². The molecule has 1 aliphatic rings. The summed E-state index contributed by atoms with van der Waals surface area (Å²) < 4.78 is 6.03. The molecule has 1 heterocycles. The van der Waals surface area contributed by atoms with Crippen LogP contribution in [-0.4, -0.2) is 12.0 Å². The van der Waals surface area contributed by atoms with Crippen LogP contribution in [0.25, 0.3) is 10.8 Å². The number of carbonyl (C=O) groups is 1. The number of para-hydroxylation sites is 1. The Balaban J connectivity index is 1.94. The van der Waals surface area contributed by atoms with Crippen molar-refractivity contribution in [2.75, 3.05) is 5.32 Å². The lowest BCUT2D eigenvalue weighted by Gasteiger charge is -2.29. The zero-order valence-corrected chi connectivity index (χ0v) is 14.5. The summed E-state index contributed by atoms with van der Waals surface area (Å²) in [6, 6.07) is 20.5. The topological polar surface area (TPSA) is 38.3 Å². The number of nitrogens with one attached hydrogen (secondary N) is 1. The fraction of sp³-hybridized carbons (Fsp3) is 0.227. The van der Waals surface area contributed by atoms with Gasteiger partial charge in [-0.25, -0.2) is 0 Å². The summed E-state index contributed by atoms with van der Waals surface area (Å²) in [5.41, 5.74) is 3.15. The highest BCUT2D eigenvalue weighted by Crippen LogP contribution is 2.44. The van der Waals surface area contributed by atoms with Gasteiger partial charge in [0.2, 0.25) is 5.91 Å². The number of rotatable bonds is 3. The molecule has 0 aromatic heterocycles. The van der Waals surface area contributed by atoms with Crippen LogP contribution in [0, 0.1) is 0 Å². The molecular formula is C22H21NO2. The van der Waals surface area contributed by atoms with Crippen molar-refractivity contribution in [2.24, 2.45) is 0 Å². The molecule has 0 unspecified atom stereocenters. The number of anilines is 1. The maximum atomic E-state index is 12.3. The minimum absolute atomic E-state index is 0.00944. The van der Waals surface area contributed by atoms with E-state index in [-0.39, 0.29) is 17.9 Å². The highest BCUT2D eigenvalue weighted by atomic mass is 16.5. The number of fused-ring (bicyclic) bond motifs is 3. The Labute approximate surface area is 147 Å². The number of ether oxygens (including phenoxy) is 1. The fourth-order valence-corrected chi connectivity index (χ4v) is 3.66. The number of hydrogen-bond donors (Lipinski definition) is 1. The molecule has 1 aliphatic heterocycles. The van der Waals surface area contributed by atoms with Crippen LogP contribution >= 0.6 is 0 Å². The summed E-state index contributed by atoms with van der Waals surface area (Å²) in [5, 5.41) is 5.40. The van der Waals surface area contributed by atoms with E-state index in [4.69, 9.17) is 4.74 Å². The number of hydrogen-bond acceptors (Lipinski definition) is 2. The van der Waals surface area contributed by atoms with Gasteiger partial charge in [-0.15, -0.1) is 0 Å². The average Bonchev–Trinajstić information content (AvgIpc) is 2.60. The molecule has 1 amide bonds. The lowest BCUT2D eigenvalue weighted by Crippen LogP contribution is -2.24. The predicted molar refractivity (Wildman–Crippen MR) is 101 cm³/mol. The summed E-state index contributed by atoms with van der Waals surface area (Å²) in [4.78, 5) is 12.3. The van der Waals surface area contributed by atoms with Crippen LogP contribution in [0.3, 0.4) is 0 Å². The van der Waals surface area contributed by atoms with Crippen molar-refractivity contribution in [2.45, 2.75) is 32.3 Å². The number of benzene rings is 3. The third kappa shape index (κ3) is 2.86. The van der Waals surface area contributed by atoms with E-state index in [1.54, 1.807) is 0 Å². The molecule has 126 valence electrons. The molecule has 3 nitrogen and oxygen atoms in total. The van der Waals surface area contributed by atoms with Crippen molar-refractivity contribution in [1.82, 2.24) is 0 Å². The van der Waals surface area contributed by atoms with E-state index >= 15 is 0 Å². The van der Waals surface area contributed by atoms with Gasteiger partial charge >= 0.3 is 0 Å². The molecule has 0 radical (unpaired) electrons. The van der Waals surface area contributed by atoms with Crippen LogP contribution in [0.2, 0.25) is 0 Å². The first-order valence-electron chi connectivity index (χ1n) is 8.70. The maximum Gasteiger partial charge on any atom is 0.225 e. The zero-order chi connectivity index (χ0) is 17.4. The van der Waals surface area contributed by atoms with Gasteiger partial charge in [-0.3, -0.25) is 4.79 Å². The normalized spacial score (nSPS) is 16.6. The van der Waals surface area contributed by atoms with E-state index in [9.17, 15) is 4.79 Å². The molecule has 0 spiro atoms. The smallest absolute Gasteiger partial charge is 0.225 e. The first kappa shape index (κ1) is 15.7. The Kier molecular flexibility index (Phi) is 3.92. The largest absolute Gasteiger partial charge is 0.491 e. The van der Waals surface area contributed by atoms with Crippen molar-refractivity contribution < 1.29 is 9.53 Å². The van der Waals surface area contributed by atoms with Gasteiger partial charge in [0.05, 0.1) is 6.10 Å². The lowest BCUT2D eigenvalue weighted by atomic mass is 9.81. The third-order valence-corrected chi connectivity index (χ3v) is 4.64. The molecule has 0 aliphatic carbocycles. The Bertz CT molecular complexity index is 946. The van der Waals surface area contributed by atoms with Crippen LogP contribution in [0.5, 0.6) is 5.75 Å². The van der Waals surface area contributed by atoms with E-state index in [2.05, 4.69) is 29.6 Å². The lowest BCUT2D eigenvalue weighted by molar-refractivity contribution is -0.116. The molecule has 25 heavy (non-hydrogen) atoms. The van der Waals surface area contributed by atoms with Gasteiger partial charge in [0, 0.05) is 23.6 Å². The summed E-state index contributed by atoms with van der Waals surface area (Å²) in [6.07, 6.45) is 0.519. The monoisotopic (exact) mass is 331 g/mol. The van der Waals surface area contributed by atoms with E-state index in [0.717, 1.165) is 17.0 Å². The first-order valence-corrected chi connectivity index (χ1v) is 8.70. The highest BCUT2D eigenvalue weighted by Gasteiger charge is 2.30. The van der Waals surface area contributed by atoms with E-state index in [1.165, 1.54) is 16.3 Å². The average molecular weight is 331 g/mol. The summed E-state index contributed by atoms with van der Waals surface area (Å²) in [5.74, 6) is 0.896. The fourth-order valence-electron chi connectivity index (χ4n) is 3.66. The van der Waals surface area contributed by atoms with Gasteiger partial charge in [-0.1, -0.05) is 48.5 Å². The third-order valence-electron chi connectivity index (χ3n) is 4.64. The molecule has 3 heteroatoms. The summed E-state index contributed by atoms with van der Waals surface area (Å²) >= 11 is 0. The van der Waals surface area contributed by atoms with Crippen LogP contribution in [0.15, 0.2) is 60.7 Å². The quantitative estimate of drug-likeness (QED) is 0.725. The number of carbonyl (C=O) groups excluding carboxylic acids is 1. The van der Waals surface area contributed by atoms with Crippen molar-refractivity contribution in [3.05, 3.63) is 71.8 Å². The highest BCUT2D eigenvalue weighted by molar-refractivity contribution is 6.01. The Morgan fingerprint density at radius 1 is 1.00 bits per heavy atom. The van der Waals surface area contributed by atoms with Crippen LogP contribution in [0.1, 0.15) is 37.3 Å². The molecule has 0 saturated heterocycles. The molecule has 4 rings (SSSR count). The molecular weight excluding hydrogens is 310 g/mol. The zero-order valence-electron chi connectivity index (χ0n) is 14.5. The molecule has 1 atom stereocenters. The second-order valence-electron chi connectivity index (χ2n) is 6.76. The second-order valence-corrected chi connectivity index (χ2v) is 6.76. The van der Waals surface area contributed by atoms with Crippen molar-refractivity contribution in [3.63, 3.8) is 0 Å². The summed E-state index contributed by atoms with van der Waals surface area (Å²) in [7, 11) is 0. The van der Waals surface area contributed by atoms with E-state index < -0.39 is 0 Å². The van der Waals surface area contributed by atoms with Gasteiger partial charge in [-0.2, -0.15) is 0 Å². The minimum atomic E-state index is -0.00944. The van der Waals surface area contributed by atoms with Gasteiger partial charge < -0.3 is 10.1 Å². The number of amides is 1. The van der Waals surface area contributed by atoms with E-state index in [1.807, 2.05) is 50.2 Å². The predicted octanol–water partition coefficient (Wildman–Crippen LogP) is 5.10. The standard InChI is InChI=1S/C22H21NO2/c1-14(2)25-20-10-6-5-9-17(20)18-13-21(24)23-19-12-11-15-7-3-4-8-16(15)22(18)19/h3-12,14,18H,13H2,1-2H3,(H,23,24)/t18-/m1/s1. The second kappa shape index (κ2) is 6.25. The molecule has 1 N–H and O–H groups in total. The van der Waals surface area contributed by atoms with Crippen molar-refractivity contribution in [3.8, 4) is 5.75 Å². The molecule has 0 fully saturated rings. The van der Waals surface area contributed by atoms with Crippen LogP contribution < -0.4 is 10.1 Å². The minimum Gasteiger partial charge on any atom is -0.491 e. The molecule has 3 aromatic carbocycles. The van der Waals surface area contributed by atoms with Crippen molar-refractivity contribution >= 4 is 22.4 Å². The van der Waals surface area contributed by atoms with E-state index in [0.29, 0.717) is 6.42 Å². The SMILES string of the molecule is CC(C)Oc1ccccc1[C@H]1CC(=O)Nc2ccc3ccccc3c21. The van der Waals surface area contributed by atoms with Crippen LogP contribution in [-0.2, 0) is 4.79 Å². The van der Waals surface area contributed by atoms with Gasteiger partial charge in [0.15, 0.2) is 0 Å². The maximum absolute atomic E-state index is 12.3. The Morgan fingerprint density at radius 3 is 2.60 bits per heavy atom. The van der Waals surface area contributed by atoms with Crippen molar-refractivity contribution in [1.29, 1.82) is 0 Å². The Hall–Kier alpha value is -2.81. The molecule has 3 aromatic rings. The Morgan fingerprint density at radius 2 is 1.76 bits per heavy atom.